The first-order chi connectivity index (χ1) is 14.0. The van der Waals surface area contributed by atoms with Gasteiger partial charge in [0.05, 0.1) is 19.0 Å². The van der Waals surface area contributed by atoms with Gasteiger partial charge in [0, 0.05) is 25.2 Å². The highest BCUT2D eigenvalue weighted by Gasteiger charge is 2.34. The third-order valence-electron chi connectivity index (χ3n) is 5.89. The van der Waals surface area contributed by atoms with Crippen LogP contribution in [0.15, 0.2) is 15.7 Å². The summed E-state index contributed by atoms with van der Waals surface area (Å²) in [6.07, 6.45) is 2.52. The van der Waals surface area contributed by atoms with Gasteiger partial charge < -0.3 is 14.5 Å². The molecule has 29 heavy (non-hydrogen) atoms. The van der Waals surface area contributed by atoms with Gasteiger partial charge in [0.15, 0.2) is 11.6 Å². The fraction of sp³-hybridized carbons (Fsp3) is 0.550. The number of rotatable bonds is 6. The second-order valence-corrected chi connectivity index (χ2v) is 7.75. The number of nitrogens with one attached hydrogen (secondary N) is 1. The Morgan fingerprint density at radius 2 is 2.14 bits per heavy atom. The zero-order valence-electron chi connectivity index (χ0n) is 16.6. The van der Waals surface area contributed by atoms with Crippen molar-refractivity contribution in [2.45, 2.75) is 31.3 Å². The summed E-state index contributed by atoms with van der Waals surface area (Å²) >= 11 is 0. The molecule has 0 radical (unpaired) electrons. The Morgan fingerprint density at radius 1 is 1.38 bits per heavy atom. The lowest BCUT2D eigenvalue weighted by Crippen LogP contribution is -2.36. The maximum Gasteiger partial charge on any atom is 0.329 e. The van der Waals surface area contributed by atoms with Gasteiger partial charge in [0.25, 0.3) is 5.56 Å². The summed E-state index contributed by atoms with van der Waals surface area (Å²) < 4.78 is 22.3. The molecule has 2 fully saturated rings. The number of methoxy groups -OCH3 is 1. The lowest BCUT2D eigenvalue weighted by Gasteiger charge is -2.26. The van der Waals surface area contributed by atoms with Crippen LogP contribution in [0, 0.1) is 12.4 Å². The van der Waals surface area contributed by atoms with Crippen LogP contribution >= 0.6 is 0 Å². The first-order valence-electron chi connectivity index (χ1n) is 9.79. The van der Waals surface area contributed by atoms with E-state index in [4.69, 9.17) is 11.3 Å². The third-order valence-corrected chi connectivity index (χ3v) is 5.89. The molecule has 4 rings (SSSR count). The summed E-state index contributed by atoms with van der Waals surface area (Å²) in [4.78, 5) is 34.6. The maximum atomic E-state index is 15.2. The van der Waals surface area contributed by atoms with Gasteiger partial charge in [-0.15, -0.1) is 0 Å². The van der Waals surface area contributed by atoms with E-state index in [1.807, 2.05) is 11.9 Å². The lowest BCUT2D eigenvalue weighted by atomic mass is 10.1. The van der Waals surface area contributed by atoms with Crippen molar-refractivity contribution in [2.24, 2.45) is 0 Å². The maximum absolute atomic E-state index is 15.2. The summed E-state index contributed by atoms with van der Waals surface area (Å²) in [7, 11) is 3.41. The van der Waals surface area contributed by atoms with Gasteiger partial charge in [-0.05, 0) is 32.4 Å². The van der Waals surface area contributed by atoms with Gasteiger partial charge >= 0.3 is 5.69 Å². The predicted octanol–water partition coefficient (Wildman–Crippen LogP) is 1.60. The zero-order chi connectivity index (χ0) is 20.7. The molecule has 0 spiro atoms. The van der Waals surface area contributed by atoms with E-state index in [0.717, 1.165) is 19.3 Å². The van der Waals surface area contributed by atoms with Gasteiger partial charge in [-0.1, -0.05) is 0 Å². The topological polar surface area (TPSA) is 74.9 Å². The number of benzene rings is 1. The Morgan fingerprint density at radius 3 is 2.79 bits per heavy atom. The largest absolute Gasteiger partial charge is 0.492 e. The van der Waals surface area contributed by atoms with Gasteiger partial charge in [-0.25, -0.2) is 15.8 Å². The van der Waals surface area contributed by atoms with Crippen LogP contribution in [0.4, 0.5) is 10.1 Å². The Labute approximate surface area is 167 Å². The Balaban J connectivity index is 1.81. The van der Waals surface area contributed by atoms with Crippen LogP contribution in [-0.4, -0.2) is 60.8 Å². The highest BCUT2D eigenvalue weighted by Crippen LogP contribution is 2.43. The van der Waals surface area contributed by atoms with Crippen molar-refractivity contribution in [3.63, 3.8) is 0 Å². The zero-order valence-corrected chi connectivity index (χ0v) is 16.6. The molecule has 154 valence electrons. The van der Waals surface area contributed by atoms with Crippen molar-refractivity contribution >= 4 is 16.6 Å². The molecule has 2 heterocycles. The smallest absolute Gasteiger partial charge is 0.329 e. The average molecular weight is 401 g/mol. The summed E-state index contributed by atoms with van der Waals surface area (Å²) in [5.74, 6) is -0.301. The molecule has 1 aromatic carbocycles. The molecule has 2 aliphatic rings. The van der Waals surface area contributed by atoms with E-state index >= 15 is 4.39 Å². The average Bonchev–Trinajstić information content (AvgIpc) is 3.41. The Bertz CT molecular complexity index is 1100. The molecule has 1 aromatic heterocycles. The van der Waals surface area contributed by atoms with E-state index in [-0.39, 0.29) is 23.2 Å². The number of aromatic amines is 1. The van der Waals surface area contributed by atoms with Gasteiger partial charge in [-0.3, -0.25) is 19.2 Å². The lowest BCUT2D eigenvalue weighted by molar-refractivity contribution is 0.270. The molecule has 1 unspecified atom stereocenters. The van der Waals surface area contributed by atoms with Crippen LogP contribution in [0.1, 0.15) is 25.3 Å². The first kappa shape index (κ1) is 19.5. The number of hydrogen-bond donors (Lipinski definition) is 1. The standard InChI is InChI=1S/C20H24FN5O3/c1-22-7-9-24(2)13-6-8-25(11-13)17-15(21)10-14-16(18(17)29-3)26(12-4-5-12)20(28)23-19(14)27/h10,12-13H,4-9,11H2,2-3H3,(H,23,27,28). The molecule has 1 aliphatic carbocycles. The minimum absolute atomic E-state index is 0.000133. The molecule has 1 saturated heterocycles. The number of nitrogens with zero attached hydrogens (tertiary/aromatic N) is 4. The SMILES string of the molecule is [C-]#[N+]CCN(C)C1CCN(c2c(F)cc3c(=O)[nH]c(=O)n(C4CC4)c3c2OC)C1. The van der Waals surface area contributed by atoms with Crippen molar-refractivity contribution in [1.82, 2.24) is 14.5 Å². The minimum Gasteiger partial charge on any atom is -0.492 e. The molecule has 1 N–H and O–H groups in total. The fourth-order valence-electron chi connectivity index (χ4n) is 4.21. The number of fused-ring (bicyclic) bond motifs is 1. The number of hydrogen-bond acceptors (Lipinski definition) is 5. The highest BCUT2D eigenvalue weighted by atomic mass is 19.1. The molecule has 1 atom stereocenters. The third kappa shape index (κ3) is 3.38. The summed E-state index contributed by atoms with van der Waals surface area (Å²) in [6.45, 7) is 9.26. The van der Waals surface area contributed by atoms with Crippen molar-refractivity contribution in [3.8, 4) is 5.75 Å². The number of ether oxygens (including phenoxy) is 1. The number of anilines is 1. The number of halogens is 1. The monoisotopic (exact) mass is 401 g/mol. The number of aromatic nitrogens is 2. The summed E-state index contributed by atoms with van der Waals surface area (Å²) in [5, 5.41) is 0.125. The van der Waals surface area contributed by atoms with Crippen LogP contribution in [0.25, 0.3) is 15.7 Å². The van der Waals surface area contributed by atoms with Gasteiger partial charge in [-0.2, -0.15) is 0 Å². The minimum atomic E-state index is -0.608. The molecule has 8 nitrogen and oxygen atoms in total. The quantitative estimate of drug-likeness (QED) is 0.745. The molecule has 2 aromatic rings. The summed E-state index contributed by atoms with van der Waals surface area (Å²) in [6, 6.07) is 1.40. The van der Waals surface area contributed by atoms with Crippen molar-refractivity contribution < 1.29 is 9.13 Å². The molecular weight excluding hydrogens is 377 g/mol. The van der Waals surface area contributed by atoms with E-state index < -0.39 is 17.1 Å². The second-order valence-electron chi connectivity index (χ2n) is 7.75. The van der Waals surface area contributed by atoms with Crippen molar-refractivity contribution in [3.05, 3.63) is 44.1 Å². The van der Waals surface area contributed by atoms with Crippen LogP contribution in [0.5, 0.6) is 5.75 Å². The molecule has 9 heteroatoms. The Hall–Kier alpha value is -2.86. The van der Waals surface area contributed by atoms with E-state index in [1.165, 1.54) is 17.7 Å². The molecule has 0 amide bonds. The Kier molecular flexibility index (Phi) is 5.04. The van der Waals surface area contributed by atoms with Crippen LogP contribution in [-0.2, 0) is 0 Å². The van der Waals surface area contributed by atoms with Gasteiger partial charge in [0.1, 0.15) is 11.2 Å². The van der Waals surface area contributed by atoms with Crippen LogP contribution < -0.4 is 20.9 Å². The summed E-state index contributed by atoms with van der Waals surface area (Å²) in [5.41, 5.74) is -0.437. The first-order valence-corrected chi connectivity index (χ1v) is 9.79. The predicted molar refractivity (Wildman–Crippen MR) is 108 cm³/mol. The second kappa shape index (κ2) is 7.52. The van der Waals surface area contributed by atoms with E-state index in [0.29, 0.717) is 37.4 Å². The fourth-order valence-corrected chi connectivity index (χ4v) is 4.21. The van der Waals surface area contributed by atoms with Crippen molar-refractivity contribution in [1.29, 1.82) is 0 Å². The van der Waals surface area contributed by atoms with Crippen molar-refractivity contribution in [2.75, 3.05) is 45.2 Å². The number of H-pyrrole nitrogens is 1. The van der Waals surface area contributed by atoms with Gasteiger partial charge in [0.2, 0.25) is 6.54 Å². The van der Waals surface area contributed by atoms with E-state index in [1.54, 1.807) is 0 Å². The normalized spacial score (nSPS) is 19.1. The van der Waals surface area contributed by atoms with E-state index in [2.05, 4.69) is 14.7 Å². The van der Waals surface area contributed by atoms with E-state index in [9.17, 15) is 9.59 Å². The molecular formula is C20H24FN5O3. The molecule has 0 bridgehead atoms. The highest BCUT2D eigenvalue weighted by molar-refractivity contribution is 5.91. The number of likely N-dealkylation sites (N-methyl/N-ethyl adjacent to an activating group) is 1. The molecule has 1 saturated carbocycles. The molecule has 1 aliphatic heterocycles. The van der Waals surface area contributed by atoms with Crippen LogP contribution in [0.3, 0.4) is 0 Å². The van der Waals surface area contributed by atoms with Crippen LogP contribution in [0.2, 0.25) is 0 Å².